The van der Waals surface area contributed by atoms with Gasteiger partial charge in [-0.1, -0.05) is 18.2 Å². The number of carbonyl (C=O) groups is 2. The third-order valence-corrected chi connectivity index (χ3v) is 5.15. The molecule has 1 aromatic carbocycles. The van der Waals surface area contributed by atoms with Crippen molar-refractivity contribution >= 4 is 29.0 Å². The van der Waals surface area contributed by atoms with Crippen molar-refractivity contribution in [2.75, 3.05) is 48.0 Å². The summed E-state index contributed by atoms with van der Waals surface area (Å²) in [6, 6.07) is 11.6. The SMILES string of the molecule is O=C(CCN1C(=O)CCc2ccccc21)Nc1ccc(N2CCOCC2)cn1. The summed E-state index contributed by atoms with van der Waals surface area (Å²) < 4.78 is 5.36. The van der Waals surface area contributed by atoms with Crippen LogP contribution in [0.3, 0.4) is 0 Å². The number of hydrogen-bond acceptors (Lipinski definition) is 5. The Labute approximate surface area is 164 Å². The Balaban J connectivity index is 1.33. The fourth-order valence-corrected chi connectivity index (χ4v) is 3.63. The molecule has 0 atom stereocenters. The van der Waals surface area contributed by atoms with Crippen molar-refractivity contribution in [1.82, 2.24) is 4.98 Å². The number of morpholine rings is 1. The van der Waals surface area contributed by atoms with Crippen molar-refractivity contribution < 1.29 is 14.3 Å². The van der Waals surface area contributed by atoms with E-state index in [1.54, 1.807) is 11.1 Å². The number of rotatable bonds is 5. The number of pyridine rings is 1. The van der Waals surface area contributed by atoms with Gasteiger partial charge in [0.15, 0.2) is 0 Å². The zero-order valence-corrected chi connectivity index (χ0v) is 15.8. The van der Waals surface area contributed by atoms with Crippen molar-refractivity contribution in [3.63, 3.8) is 0 Å². The Morgan fingerprint density at radius 2 is 1.93 bits per heavy atom. The molecule has 2 aliphatic heterocycles. The summed E-state index contributed by atoms with van der Waals surface area (Å²) in [6.07, 6.45) is 3.25. The van der Waals surface area contributed by atoms with Crippen LogP contribution >= 0.6 is 0 Å². The summed E-state index contributed by atoms with van der Waals surface area (Å²) in [7, 11) is 0. The Kier molecular flexibility index (Phi) is 5.53. The van der Waals surface area contributed by atoms with Crippen molar-refractivity contribution in [3.05, 3.63) is 48.2 Å². The molecule has 0 spiro atoms. The van der Waals surface area contributed by atoms with Gasteiger partial charge < -0.3 is 19.9 Å². The third kappa shape index (κ3) is 4.14. The molecule has 0 aliphatic carbocycles. The Bertz CT molecular complexity index is 847. The predicted molar refractivity (Wildman–Crippen MR) is 108 cm³/mol. The zero-order valence-electron chi connectivity index (χ0n) is 15.8. The molecule has 1 N–H and O–H groups in total. The maximum absolute atomic E-state index is 12.3. The summed E-state index contributed by atoms with van der Waals surface area (Å²) in [5.41, 5.74) is 3.10. The number of benzene rings is 1. The van der Waals surface area contributed by atoms with Crippen LogP contribution < -0.4 is 15.1 Å². The highest BCUT2D eigenvalue weighted by Gasteiger charge is 2.24. The van der Waals surface area contributed by atoms with Crippen molar-refractivity contribution in [2.45, 2.75) is 19.3 Å². The van der Waals surface area contributed by atoms with Crippen LogP contribution in [-0.2, 0) is 20.7 Å². The van der Waals surface area contributed by atoms with Crippen LogP contribution in [0.5, 0.6) is 0 Å². The Hall–Kier alpha value is -2.93. The van der Waals surface area contributed by atoms with Crippen LogP contribution in [0.1, 0.15) is 18.4 Å². The minimum absolute atomic E-state index is 0.0690. The number of hydrogen-bond donors (Lipinski definition) is 1. The third-order valence-electron chi connectivity index (χ3n) is 5.15. The molecule has 3 heterocycles. The van der Waals surface area contributed by atoms with E-state index in [0.29, 0.717) is 18.8 Å². The lowest BCUT2D eigenvalue weighted by Gasteiger charge is -2.29. The molecule has 0 bridgehead atoms. The van der Waals surface area contributed by atoms with E-state index in [-0.39, 0.29) is 18.2 Å². The predicted octanol–water partition coefficient (Wildman–Crippen LogP) is 2.23. The second kappa shape index (κ2) is 8.39. The molecule has 4 rings (SSSR count). The maximum atomic E-state index is 12.3. The number of fused-ring (bicyclic) bond motifs is 1. The van der Waals surface area contributed by atoms with Gasteiger partial charge in [-0.3, -0.25) is 9.59 Å². The molecule has 0 unspecified atom stereocenters. The molecule has 1 fully saturated rings. The van der Waals surface area contributed by atoms with Crippen molar-refractivity contribution in [2.24, 2.45) is 0 Å². The quantitative estimate of drug-likeness (QED) is 0.861. The van der Waals surface area contributed by atoms with E-state index in [1.807, 2.05) is 36.4 Å². The van der Waals surface area contributed by atoms with Gasteiger partial charge >= 0.3 is 0 Å². The number of aryl methyl sites for hydroxylation is 1. The first-order valence-corrected chi connectivity index (χ1v) is 9.67. The van der Waals surface area contributed by atoms with Crippen LogP contribution in [-0.4, -0.2) is 49.6 Å². The van der Waals surface area contributed by atoms with Crippen LogP contribution in [0.2, 0.25) is 0 Å². The highest BCUT2D eigenvalue weighted by Crippen LogP contribution is 2.27. The molecular weight excluding hydrogens is 356 g/mol. The van der Waals surface area contributed by atoms with Crippen LogP contribution in [0.15, 0.2) is 42.6 Å². The average molecular weight is 380 g/mol. The number of carbonyl (C=O) groups excluding carboxylic acids is 2. The highest BCUT2D eigenvalue weighted by molar-refractivity contribution is 5.97. The lowest BCUT2D eigenvalue weighted by Crippen LogP contribution is -2.37. The fourth-order valence-electron chi connectivity index (χ4n) is 3.63. The summed E-state index contributed by atoms with van der Waals surface area (Å²) >= 11 is 0. The molecule has 2 aromatic rings. The zero-order chi connectivity index (χ0) is 19.3. The molecule has 0 saturated carbocycles. The summed E-state index contributed by atoms with van der Waals surface area (Å²) in [6.45, 7) is 3.50. The minimum atomic E-state index is -0.150. The number of nitrogens with zero attached hydrogens (tertiary/aromatic N) is 3. The molecule has 28 heavy (non-hydrogen) atoms. The number of anilines is 3. The van der Waals surface area contributed by atoms with Crippen molar-refractivity contribution in [1.29, 1.82) is 0 Å². The lowest BCUT2D eigenvalue weighted by atomic mass is 10.0. The van der Waals surface area contributed by atoms with Gasteiger partial charge in [-0.05, 0) is 30.2 Å². The van der Waals surface area contributed by atoms with Crippen LogP contribution in [0.4, 0.5) is 17.2 Å². The Morgan fingerprint density at radius 1 is 1.11 bits per heavy atom. The monoisotopic (exact) mass is 380 g/mol. The van der Waals surface area contributed by atoms with E-state index in [4.69, 9.17) is 4.74 Å². The summed E-state index contributed by atoms with van der Waals surface area (Å²) in [4.78, 5) is 32.9. The molecule has 2 amide bonds. The molecule has 7 nitrogen and oxygen atoms in total. The second-order valence-electron chi connectivity index (χ2n) is 6.97. The van der Waals surface area contributed by atoms with E-state index in [1.165, 1.54) is 0 Å². The minimum Gasteiger partial charge on any atom is -0.378 e. The molecule has 0 radical (unpaired) electrons. The number of amides is 2. The van der Waals surface area contributed by atoms with Gasteiger partial charge in [0, 0.05) is 38.2 Å². The standard InChI is InChI=1S/C21H24N4O3/c26-20(9-10-25-18-4-2-1-3-16(18)5-8-21(25)27)23-19-7-6-17(15-22-19)24-11-13-28-14-12-24/h1-4,6-7,15H,5,8-14H2,(H,22,23,26). The molecule has 7 heteroatoms. The van der Waals surface area contributed by atoms with E-state index in [0.717, 1.165) is 49.7 Å². The number of nitrogens with one attached hydrogen (secondary N) is 1. The van der Waals surface area contributed by atoms with E-state index in [2.05, 4.69) is 15.2 Å². The summed E-state index contributed by atoms with van der Waals surface area (Å²) in [5, 5.41) is 2.82. The van der Waals surface area contributed by atoms with E-state index in [9.17, 15) is 9.59 Å². The van der Waals surface area contributed by atoms with Gasteiger partial charge in [-0.25, -0.2) is 4.98 Å². The van der Waals surface area contributed by atoms with E-state index >= 15 is 0 Å². The summed E-state index contributed by atoms with van der Waals surface area (Å²) in [5.74, 6) is 0.439. The molecule has 146 valence electrons. The van der Waals surface area contributed by atoms with Gasteiger partial charge in [0.25, 0.3) is 0 Å². The first-order chi connectivity index (χ1) is 13.7. The van der Waals surface area contributed by atoms with Gasteiger partial charge in [0.1, 0.15) is 5.82 Å². The van der Waals surface area contributed by atoms with E-state index < -0.39 is 0 Å². The first kappa shape index (κ1) is 18.4. The van der Waals surface area contributed by atoms with Gasteiger partial charge in [-0.15, -0.1) is 0 Å². The number of aromatic nitrogens is 1. The van der Waals surface area contributed by atoms with Crippen LogP contribution in [0, 0.1) is 0 Å². The van der Waals surface area contributed by atoms with Crippen LogP contribution in [0.25, 0.3) is 0 Å². The van der Waals surface area contributed by atoms with Gasteiger partial charge in [0.05, 0.1) is 25.1 Å². The first-order valence-electron chi connectivity index (χ1n) is 9.67. The maximum Gasteiger partial charge on any atom is 0.227 e. The largest absolute Gasteiger partial charge is 0.378 e. The number of ether oxygens (including phenoxy) is 1. The molecular formula is C21H24N4O3. The van der Waals surface area contributed by atoms with Crippen molar-refractivity contribution in [3.8, 4) is 0 Å². The Morgan fingerprint density at radius 3 is 2.71 bits per heavy atom. The van der Waals surface area contributed by atoms with Gasteiger partial charge in [0.2, 0.25) is 11.8 Å². The molecule has 1 aromatic heterocycles. The smallest absolute Gasteiger partial charge is 0.227 e. The molecule has 1 saturated heterocycles. The lowest BCUT2D eigenvalue weighted by molar-refractivity contribution is -0.119. The topological polar surface area (TPSA) is 74.8 Å². The average Bonchev–Trinajstić information content (AvgIpc) is 2.74. The fraction of sp³-hybridized carbons (Fsp3) is 0.381. The normalized spacial score (nSPS) is 16.6. The number of para-hydroxylation sites is 1. The highest BCUT2D eigenvalue weighted by atomic mass is 16.5. The second-order valence-corrected chi connectivity index (χ2v) is 6.97. The van der Waals surface area contributed by atoms with Gasteiger partial charge in [-0.2, -0.15) is 0 Å². The molecule has 2 aliphatic rings.